The maximum absolute atomic E-state index is 13.8. The van der Waals surface area contributed by atoms with Crippen LogP contribution in [0.2, 0.25) is 0 Å². The highest BCUT2D eigenvalue weighted by Gasteiger charge is 2.45. The lowest BCUT2D eigenvalue weighted by Crippen LogP contribution is -2.39. The second-order valence-corrected chi connectivity index (χ2v) is 41.3. The molecule has 44 nitrogen and oxygen atoms in total. The standard InChI is InChI=1S/2C43H46N5O17P3/c1-3-46-16-6-9-25-18-32-36(21-34(25)46)63-37-22-35-26(10-7-17-47(35)4-2)19-33(37)39(32)31-20-27(11-13-30(31)42(51)52)40(49)44-15-5-8-28-23-48(43(53)45-41(28)50)38-14-12-29(62-38)24-61-67(57,58)65-68(59,60)64-66(54,55)56;1-3-46-16-6-9-25-18-32-36(21-34(25)46)63-37-22-35-26(10-7-17-47(35)4-2)19-33(37)39(32)30-13-11-27(20-31(30)42(51)52)40(49)44-15-5-8-28-23-48(43(53)45-41(28)50)38-14-12-29(62-38)24-61-67(57,58)65-68(59,60)64-66(54,55)56/h2*11,13,18-23,29,38H,3-4,6-7,9-10,12,14-17,24H2,1-2H3,(H6-,44,45,49,50,51,52,53,54,55,56,57,58,59,60)/t2*29-,38+/m00/s1. The Morgan fingerprint density at radius 2 is 0.897 bits per heavy atom. The lowest BCUT2D eigenvalue weighted by molar-refractivity contribution is -0.256. The number of rotatable bonds is 28. The summed E-state index contributed by atoms with van der Waals surface area (Å²) in [5.74, 6) is 8.63. The topological polar surface area (TPSA) is 617 Å². The molecule has 8 atom stereocenters. The number of benzene rings is 6. The first-order valence-electron chi connectivity index (χ1n) is 43.1. The van der Waals surface area contributed by atoms with Crippen LogP contribution in [0.3, 0.4) is 0 Å². The Balaban J connectivity index is 0.000000207. The van der Waals surface area contributed by atoms with Gasteiger partial charge in [0.2, 0.25) is 10.7 Å². The largest absolute Gasteiger partial charge is 0.545 e. The number of nitrogens with one attached hydrogen (secondary N) is 4. The fraction of sp³-hybridized carbons (Fsp3) is 0.372. The van der Waals surface area contributed by atoms with Crippen LogP contribution in [-0.2, 0) is 88.8 Å². The van der Waals surface area contributed by atoms with E-state index in [1.807, 2.05) is 24.3 Å². The van der Waals surface area contributed by atoms with Gasteiger partial charge in [0.15, 0.2) is 0 Å². The Kier molecular flexibility index (Phi) is 29.7. The van der Waals surface area contributed by atoms with Crippen LogP contribution in [0.4, 0.5) is 11.4 Å². The van der Waals surface area contributed by atoms with E-state index in [-0.39, 0.29) is 77.7 Å². The van der Waals surface area contributed by atoms with Gasteiger partial charge in [-0.15, -0.1) is 0 Å². The van der Waals surface area contributed by atoms with Crippen molar-refractivity contribution < 1.29 is 141 Å². The molecule has 12 N–H and O–H groups in total. The van der Waals surface area contributed by atoms with Crippen molar-refractivity contribution in [3.05, 3.63) is 238 Å². The average molecular weight is 2000 g/mol. The van der Waals surface area contributed by atoms with Crippen LogP contribution in [0.5, 0.6) is 23.0 Å². The molecule has 8 aliphatic rings. The molecule has 0 bridgehead atoms. The van der Waals surface area contributed by atoms with Gasteiger partial charge in [-0.3, -0.25) is 47.3 Å². The summed E-state index contributed by atoms with van der Waals surface area (Å²) in [6.07, 6.45) is 5.69. The van der Waals surface area contributed by atoms with E-state index in [1.54, 1.807) is 6.07 Å². The van der Waals surface area contributed by atoms with Gasteiger partial charge in [-0.1, -0.05) is 35.8 Å². The number of aryl methyl sites for hydroxylation is 4. The number of anilines is 2. The molecule has 0 saturated carbocycles. The quantitative estimate of drug-likeness (QED) is 0.0190. The number of fused-ring (bicyclic) bond motifs is 8. The van der Waals surface area contributed by atoms with Gasteiger partial charge in [-0.2, -0.15) is 17.2 Å². The predicted octanol–water partition coefficient (Wildman–Crippen LogP) is 2.57. The van der Waals surface area contributed by atoms with E-state index in [9.17, 15) is 95.5 Å². The number of amides is 2. The van der Waals surface area contributed by atoms with E-state index in [4.69, 9.17) is 38.5 Å². The van der Waals surface area contributed by atoms with Crippen LogP contribution in [0.1, 0.15) is 189 Å². The van der Waals surface area contributed by atoms with Gasteiger partial charge in [0, 0.05) is 141 Å². The number of aromatic carboxylic acids is 2. The van der Waals surface area contributed by atoms with Crippen molar-refractivity contribution in [3.8, 4) is 46.7 Å². The average Bonchev–Trinajstić information content (AvgIpc) is 0.783. The first-order chi connectivity index (χ1) is 64.4. The first kappa shape index (κ1) is 99.4. The van der Waals surface area contributed by atoms with Crippen molar-refractivity contribution in [2.24, 2.45) is 0 Å². The third kappa shape index (κ3) is 22.8. The highest BCUT2D eigenvalue weighted by Crippen LogP contribution is 2.68. The maximum atomic E-state index is 13.8. The zero-order valence-electron chi connectivity index (χ0n) is 73.1. The molecule has 0 radical (unpaired) electrons. The summed E-state index contributed by atoms with van der Waals surface area (Å²) in [6.45, 7) is 13.2. The summed E-state index contributed by atoms with van der Waals surface area (Å²) < 4.78 is 125. The number of aromatic amines is 2. The minimum atomic E-state index is -5.74. The Hall–Kier alpha value is -11.0. The van der Waals surface area contributed by atoms with Crippen LogP contribution < -0.4 is 92.9 Å². The van der Waals surface area contributed by atoms with Crippen molar-refractivity contribution in [1.82, 2.24) is 38.9 Å². The zero-order valence-corrected chi connectivity index (χ0v) is 78.4. The number of H-pyrrole nitrogens is 2. The second kappa shape index (κ2) is 40.6. The lowest BCUT2D eigenvalue weighted by Gasteiger charge is -2.33. The Bertz CT molecular complexity index is 7270. The lowest BCUT2D eigenvalue weighted by atomic mass is 9.85. The monoisotopic (exact) mass is 1990 g/mol. The molecule has 50 heteroatoms. The van der Waals surface area contributed by atoms with Gasteiger partial charge in [-0.05, 0) is 163 Å². The summed E-state index contributed by atoms with van der Waals surface area (Å²) in [6, 6.07) is 25.0. The van der Waals surface area contributed by atoms with E-state index >= 15 is 0 Å². The highest BCUT2D eigenvalue weighted by molar-refractivity contribution is 7.67. The van der Waals surface area contributed by atoms with Crippen LogP contribution in [0.25, 0.3) is 11.1 Å². The number of hydrogen-bond acceptors (Lipinski definition) is 28. The molecule has 0 spiro atoms. The number of carboxylic acid groups (broad SMARTS) is 2. The molecule has 8 aliphatic heterocycles. The van der Waals surface area contributed by atoms with Crippen molar-refractivity contribution in [2.45, 2.75) is 129 Å². The molecular formula is C86H92N10O34P6. The maximum Gasteiger partial charge on any atom is 0.490 e. The third-order valence-corrected chi connectivity index (χ3v) is 31.3. The zero-order chi connectivity index (χ0) is 97.4. The van der Waals surface area contributed by atoms with E-state index in [1.165, 1.54) is 30.3 Å². The Labute approximate surface area is 772 Å². The van der Waals surface area contributed by atoms with Crippen molar-refractivity contribution in [1.29, 1.82) is 0 Å². The van der Waals surface area contributed by atoms with E-state index in [0.717, 1.165) is 180 Å². The molecule has 4 unspecified atom stereocenters. The van der Waals surface area contributed by atoms with Gasteiger partial charge in [-0.25, -0.2) is 46.1 Å². The van der Waals surface area contributed by atoms with Crippen LogP contribution in [-0.4, -0.2) is 173 Å². The number of hydrogen-bond donors (Lipinski definition) is 12. The van der Waals surface area contributed by atoms with Crippen molar-refractivity contribution in [3.63, 3.8) is 0 Å². The molecule has 16 rings (SSSR count). The summed E-state index contributed by atoms with van der Waals surface area (Å²) in [5, 5.41) is 34.7. The molecule has 2 saturated heterocycles. The van der Waals surface area contributed by atoms with Crippen LogP contribution in [0, 0.1) is 23.7 Å². The number of phosphoric acid groups is 6. The fourth-order valence-corrected chi connectivity index (χ4v) is 23.8. The van der Waals surface area contributed by atoms with E-state index in [0.29, 0.717) is 50.5 Å². The molecule has 8 aromatic rings. The van der Waals surface area contributed by atoms with Crippen molar-refractivity contribution in [2.75, 3.05) is 88.5 Å². The summed E-state index contributed by atoms with van der Waals surface area (Å²) in [4.78, 5) is 186. The molecule has 10 heterocycles. The highest BCUT2D eigenvalue weighted by atomic mass is 31.3. The minimum absolute atomic E-state index is 0.00295. The number of phosphoric ester groups is 2. The van der Waals surface area contributed by atoms with Gasteiger partial charge >= 0.3 is 58.3 Å². The number of carboxylic acids is 2. The molecule has 6 aromatic carbocycles. The molecule has 136 heavy (non-hydrogen) atoms. The molecule has 2 aromatic heterocycles. The number of nitrogens with zero attached hydrogens (tertiary/aromatic N) is 6. The third-order valence-electron chi connectivity index (χ3n) is 23.7. The van der Waals surface area contributed by atoms with Gasteiger partial charge in [0.1, 0.15) is 72.8 Å². The molecular weight excluding hydrogens is 1900 g/mol. The van der Waals surface area contributed by atoms with Gasteiger partial charge in [0.05, 0.1) is 62.6 Å². The summed E-state index contributed by atoms with van der Waals surface area (Å²) in [7, 11) is -33.5. The molecule has 2 amide bonds. The molecule has 0 aliphatic carbocycles. The second-order valence-electron chi connectivity index (χ2n) is 32.4. The Morgan fingerprint density at radius 1 is 0.478 bits per heavy atom. The molecule has 720 valence electrons. The number of aromatic nitrogens is 4. The van der Waals surface area contributed by atoms with Crippen molar-refractivity contribution >= 4 is 93.2 Å². The smallest absolute Gasteiger partial charge is 0.490 e. The van der Waals surface area contributed by atoms with Crippen LogP contribution in [0.15, 0.2) is 117 Å². The fourth-order valence-electron chi connectivity index (χ4n) is 17.7. The minimum Gasteiger partial charge on any atom is -0.545 e. The first-order valence-corrected chi connectivity index (χ1v) is 52.1. The SMILES string of the molecule is CCN1CCCc2cc3c(cc21)Oc1cc2c(cc1=C3c1cc(C(=O)NCC#Cc3cn([C@H]4CC[C@@H](COP(=O)(O)OP(=O)(O)OP(=O)(O)O)O4)c(=O)[nH]c3=O)ccc1C(=O)[O-])CCC[N+]=2CC.CCN1CCCc2cc3c(cc21)Oc1cc2c(cc1=C3c1ccc(C(=O)NCC#Cc3cn([C@H]4CC[C@@H](COP(=O)(O)OP(=O)(O)OP(=O)(O)O)O4)c(=O)[nH]c3=O)cc1C(=O)[O-])CCC[N+]=2CC. The summed E-state index contributed by atoms with van der Waals surface area (Å²) >= 11 is 0. The van der Waals surface area contributed by atoms with Gasteiger partial charge in [0.25, 0.3) is 22.9 Å². The van der Waals surface area contributed by atoms with E-state index in [2.05, 4.69) is 141 Å². The predicted molar refractivity (Wildman–Crippen MR) is 479 cm³/mol. The normalized spacial score (nSPS) is 19.2. The van der Waals surface area contributed by atoms with Crippen LogP contribution >= 0.6 is 46.9 Å². The van der Waals surface area contributed by atoms with Gasteiger partial charge < -0.3 is 98.3 Å². The number of carbonyl (C=O) groups is 4. The van der Waals surface area contributed by atoms with E-state index < -0.39 is 131 Å². The number of carbonyl (C=O) groups excluding carboxylic acids is 4. The summed E-state index contributed by atoms with van der Waals surface area (Å²) in [5.41, 5.74) is 5.75. The Morgan fingerprint density at radius 3 is 1.32 bits per heavy atom. The molecule has 2 fully saturated rings. The number of ether oxygens (including phenoxy) is 4.